The van der Waals surface area contributed by atoms with Gasteiger partial charge in [-0.2, -0.15) is 0 Å². The molecule has 0 amide bonds. The average molecular weight is 298 g/mol. The summed E-state index contributed by atoms with van der Waals surface area (Å²) in [7, 11) is -2.62. The molecule has 102 valence electrons. The number of aliphatic hydroxyl groups is 1. The molecule has 0 rings (SSSR count). The van der Waals surface area contributed by atoms with Gasteiger partial charge >= 0.3 is 56.1 Å². The maximum atomic E-state index is 10.3. The van der Waals surface area contributed by atoms with Gasteiger partial charge in [-0.3, -0.25) is 9.59 Å². The monoisotopic (exact) mass is 298 g/mol. The molecule has 0 fully saturated rings. The Bertz CT molecular complexity index is 279. The summed E-state index contributed by atoms with van der Waals surface area (Å²) in [5, 5.41) is 33.8. The van der Waals surface area contributed by atoms with Crippen LogP contribution in [0.5, 0.6) is 0 Å². The minimum Gasteiger partial charge on any atom is -1.00 e. The normalized spacial score (nSPS) is 9.83. The van der Waals surface area contributed by atoms with Gasteiger partial charge in [0.05, 0.1) is 12.8 Å². The maximum Gasteiger partial charge on any atom is 1.00 e. The fourth-order valence-electron chi connectivity index (χ4n) is 0.714. The molecule has 0 unspecified atom stereocenters. The van der Waals surface area contributed by atoms with Crippen LogP contribution in [0.15, 0.2) is 0 Å². The number of rotatable bonds is 5. The topological polar surface area (TPSA) is 193 Å². The smallest absolute Gasteiger partial charge is 1.00 e. The van der Waals surface area contributed by atoms with Crippen molar-refractivity contribution in [2.75, 3.05) is 0 Å². The van der Waals surface area contributed by atoms with Gasteiger partial charge in [-0.05, 0) is 0 Å². The second-order valence-electron chi connectivity index (χ2n) is 2.75. The van der Waals surface area contributed by atoms with E-state index in [0.29, 0.717) is 0 Å². The Hall–Kier alpha value is -0.320. The minimum atomic E-state index is -2.74. The third-order valence-electron chi connectivity index (χ3n) is 1.29. The molecule has 0 aromatic carbocycles. The Morgan fingerprint density at radius 1 is 0.944 bits per heavy atom. The van der Waals surface area contributed by atoms with Crippen LogP contribution >= 0.6 is 8.60 Å². The van der Waals surface area contributed by atoms with E-state index in [2.05, 4.69) is 0 Å². The molecule has 18 heavy (non-hydrogen) atoms. The van der Waals surface area contributed by atoms with E-state index in [4.69, 9.17) is 35.1 Å². The first-order chi connectivity index (χ1) is 7.51. The Balaban J connectivity index is -0.000000165. The Kier molecular flexibility index (Phi) is 13.4. The summed E-state index contributed by atoms with van der Waals surface area (Å²) in [5.74, 6) is -5.02. The van der Waals surface area contributed by atoms with E-state index in [1.807, 2.05) is 0 Å². The zero-order valence-corrected chi connectivity index (χ0v) is 12.1. The van der Waals surface area contributed by atoms with Gasteiger partial charge in [0.25, 0.3) is 0 Å². The molecule has 0 aliphatic rings. The van der Waals surface area contributed by atoms with E-state index in [0.717, 1.165) is 0 Å². The predicted octanol–water partition coefficient (Wildman–Crippen LogP) is -4.94. The van der Waals surface area contributed by atoms with Crippen LogP contribution in [0, 0.1) is 0 Å². The Labute approximate surface area is 125 Å². The van der Waals surface area contributed by atoms with Crippen LogP contribution in [0.4, 0.5) is 0 Å². The van der Waals surface area contributed by atoms with Gasteiger partial charge in [0.1, 0.15) is 0 Å². The number of carboxylic acid groups (broad SMARTS) is 3. The quantitative estimate of drug-likeness (QED) is 0.191. The SMILES string of the molecule is O=C(O)CC(O)(CC(=O)O)C(=O)O.OP(O)O.[H-].[Na+]. The summed E-state index contributed by atoms with van der Waals surface area (Å²) in [5.41, 5.74) is -2.74. The molecular formula is C6H12NaO10P. The molecule has 0 spiro atoms. The van der Waals surface area contributed by atoms with E-state index in [1.54, 1.807) is 0 Å². The first-order valence-corrected chi connectivity index (χ1v) is 4.97. The number of hydrogen-bond acceptors (Lipinski definition) is 7. The molecule has 0 atom stereocenters. The molecule has 7 N–H and O–H groups in total. The van der Waals surface area contributed by atoms with Gasteiger partial charge in [-0.15, -0.1) is 0 Å². The summed E-state index contributed by atoms with van der Waals surface area (Å²) < 4.78 is 0. The van der Waals surface area contributed by atoms with Gasteiger partial charge < -0.3 is 36.5 Å². The van der Waals surface area contributed by atoms with Crippen molar-refractivity contribution in [1.29, 1.82) is 0 Å². The summed E-state index contributed by atoms with van der Waals surface area (Å²) in [6, 6.07) is 0. The fourth-order valence-corrected chi connectivity index (χ4v) is 0.714. The molecule has 0 aliphatic heterocycles. The Morgan fingerprint density at radius 3 is 1.28 bits per heavy atom. The third kappa shape index (κ3) is 13.7. The van der Waals surface area contributed by atoms with Crippen LogP contribution in [0.1, 0.15) is 14.3 Å². The molecule has 10 nitrogen and oxygen atoms in total. The van der Waals surface area contributed by atoms with Crippen molar-refractivity contribution in [1.82, 2.24) is 0 Å². The number of carboxylic acids is 3. The van der Waals surface area contributed by atoms with Crippen LogP contribution in [0.3, 0.4) is 0 Å². The molecular weight excluding hydrogens is 286 g/mol. The standard InChI is InChI=1S/C6H8O7.Na.H3O3P.H/c7-3(8)1-6(13,5(11)12)2-4(9)10;;1-4(2)3;/h13H,1-2H2,(H,7,8)(H,9,10)(H,11,12);;1-3H;/q;+1;;-1. The van der Waals surface area contributed by atoms with Crippen LogP contribution in [0.2, 0.25) is 0 Å². The molecule has 0 aromatic rings. The second kappa shape index (κ2) is 10.6. The summed E-state index contributed by atoms with van der Waals surface area (Å²) in [4.78, 5) is 52.2. The van der Waals surface area contributed by atoms with Crippen LogP contribution in [-0.2, 0) is 14.4 Å². The van der Waals surface area contributed by atoms with Gasteiger partial charge in [0.15, 0.2) is 5.60 Å². The van der Waals surface area contributed by atoms with Crippen LogP contribution in [0.25, 0.3) is 0 Å². The van der Waals surface area contributed by atoms with Crippen molar-refractivity contribution in [2.45, 2.75) is 18.4 Å². The number of aliphatic carboxylic acids is 3. The molecule has 0 heterocycles. The zero-order valence-electron chi connectivity index (χ0n) is 10.2. The van der Waals surface area contributed by atoms with Crippen molar-refractivity contribution in [3.63, 3.8) is 0 Å². The van der Waals surface area contributed by atoms with E-state index in [-0.39, 0.29) is 31.0 Å². The molecule has 0 saturated heterocycles. The predicted molar refractivity (Wildman–Crippen MR) is 51.8 cm³/mol. The molecule has 0 saturated carbocycles. The van der Waals surface area contributed by atoms with E-state index < -0.39 is 45.0 Å². The van der Waals surface area contributed by atoms with Crippen molar-refractivity contribution in [2.24, 2.45) is 0 Å². The number of carbonyl (C=O) groups is 3. The van der Waals surface area contributed by atoms with Crippen molar-refractivity contribution in [3.8, 4) is 0 Å². The first-order valence-electron chi connectivity index (χ1n) is 3.77. The molecule has 0 aromatic heterocycles. The molecule has 12 heteroatoms. The largest absolute Gasteiger partial charge is 1.00 e. The first kappa shape index (κ1) is 22.8. The fraction of sp³-hybridized carbons (Fsp3) is 0.500. The molecule has 0 radical (unpaired) electrons. The molecule has 0 bridgehead atoms. The van der Waals surface area contributed by atoms with Crippen LogP contribution < -0.4 is 29.6 Å². The van der Waals surface area contributed by atoms with Gasteiger partial charge in [0, 0.05) is 0 Å². The maximum absolute atomic E-state index is 10.3. The number of hydrogen-bond donors (Lipinski definition) is 7. The summed E-state index contributed by atoms with van der Waals surface area (Å²) in [6.45, 7) is 0. The van der Waals surface area contributed by atoms with Gasteiger partial charge in [0.2, 0.25) is 0 Å². The Morgan fingerprint density at radius 2 is 1.17 bits per heavy atom. The van der Waals surface area contributed by atoms with Gasteiger partial charge in [-0.25, -0.2) is 4.79 Å². The van der Waals surface area contributed by atoms with E-state index >= 15 is 0 Å². The second-order valence-corrected chi connectivity index (χ2v) is 3.28. The van der Waals surface area contributed by atoms with Gasteiger partial charge in [-0.1, -0.05) is 0 Å². The minimum absolute atomic E-state index is 0. The third-order valence-corrected chi connectivity index (χ3v) is 1.29. The summed E-state index contributed by atoms with van der Waals surface area (Å²) >= 11 is 0. The average Bonchev–Trinajstić information content (AvgIpc) is 1.98. The van der Waals surface area contributed by atoms with E-state index in [9.17, 15) is 14.4 Å². The van der Waals surface area contributed by atoms with Crippen molar-refractivity contribution < 1.29 is 80.5 Å². The van der Waals surface area contributed by atoms with Crippen molar-refractivity contribution in [3.05, 3.63) is 0 Å². The molecule has 0 aliphatic carbocycles. The van der Waals surface area contributed by atoms with Crippen molar-refractivity contribution >= 4 is 26.5 Å². The van der Waals surface area contributed by atoms with E-state index in [1.165, 1.54) is 0 Å². The zero-order chi connectivity index (χ0) is 14.2. The summed E-state index contributed by atoms with van der Waals surface area (Å²) in [6.07, 6.45) is -2.29. The van der Waals surface area contributed by atoms with Crippen LogP contribution in [-0.4, -0.2) is 58.6 Å².